The zero-order valence-electron chi connectivity index (χ0n) is 16.7. The van der Waals surface area contributed by atoms with Crippen molar-refractivity contribution in [3.8, 4) is 0 Å². The first-order chi connectivity index (χ1) is 11.9. The van der Waals surface area contributed by atoms with Crippen molar-refractivity contribution in [1.29, 1.82) is 0 Å². The molecule has 1 heterocycles. The monoisotopic (exact) mass is 382 g/mol. The molecule has 0 spiro atoms. The van der Waals surface area contributed by atoms with Crippen LogP contribution in [-0.4, -0.2) is 38.4 Å². The number of para-hydroxylation sites is 1. The Morgan fingerprint density at radius 1 is 1.19 bits per heavy atom. The number of hydrogen-bond acceptors (Lipinski definition) is 2. The van der Waals surface area contributed by atoms with E-state index in [1.807, 2.05) is 44.4 Å². The topological polar surface area (TPSA) is 37.0 Å². The van der Waals surface area contributed by atoms with Gasteiger partial charge in [-0.1, -0.05) is 39.0 Å². The Hall–Kier alpha value is -1.24. The van der Waals surface area contributed by atoms with Crippen molar-refractivity contribution in [1.82, 2.24) is 10.3 Å². The highest BCUT2D eigenvalue weighted by atomic mass is 28.4. The fraction of sp³-hybridized carbons (Fsp3) is 0.600. The average Bonchev–Trinajstić information content (AvgIpc) is 2.94. The first-order valence-corrected chi connectivity index (χ1v) is 12.1. The van der Waals surface area contributed by atoms with Gasteiger partial charge in [0.25, 0.3) is 5.92 Å². The number of fused-ring (bicyclic) bond motifs is 1. The van der Waals surface area contributed by atoms with E-state index in [9.17, 15) is 8.78 Å². The van der Waals surface area contributed by atoms with Crippen LogP contribution < -0.4 is 5.32 Å². The summed E-state index contributed by atoms with van der Waals surface area (Å²) >= 11 is 0. The number of aromatic nitrogens is 1. The zero-order chi connectivity index (χ0) is 19.6. The Kier molecular flexibility index (Phi) is 6.31. The molecule has 2 N–H and O–H groups in total. The molecule has 0 saturated carbocycles. The second-order valence-electron chi connectivity index (χ2n) is 8.75. The first kappa shape index (κ1) is 21.1. The van der Waals surface area contributed by atoms with Gasteiger partial charge in [-0.3, -0.25) is 0 Å². The molecule has 2 aromatic rings. The van der Waals surface area contributed by atoms with E-state index >= 15 is 0 Å². The molecule has 0 amide bonds. The first-order valence-electron chi connectivity index (χ1n) is 9.21. The highest BCUT2D eigenvalue weighted by Gasteiger charge is 2.40. The molecule has 6 heteroatoms. The Labute approximate surface area is 156 Å². The van der Waals surface area contributed by atoms with Crippen LogP contribution in [0.5, 0.6) is 0 Å². The number of hydrogen-bond donors (Lipinski definition) is 2. The van der Waals surface area contributed by atoms with Gasteiger partial charge in [-0.2, -0.15) is 0 Å². The van der Waals surface area contributed by atoms with Crippen molar-refractivity contribution in [2.75, 3.05) is 13.2 Å². The van der Waals surface area contributed by atoms with Gasteiger partial charge in [-0.15, -0.1) is 0 Å². The van der Waals surface area contributed by atoms with Crippen LogP contribution in [0.1, 0.15) is 33.3 Å². The fourth-order valence-electron chi connectivity index (χ4n) is 2.58. The third-order valence-corrected chi connectivity index (χ3v) is 9.84. The number of H-pyrrole nitrogens is 1. The number of benzene rings is 1. The summed E-state index contributed by atoms with van der Waals surface area (Å²) in [6.07, 6.45) is 2.66. The summed E-state index contributed by atoms with van der Waals surface area (Å²) in [6.45, 7) is 11.2. The zero-order valence-corrected chi connectivity index (χ0v) is 17.7. The van der Waals surface area contributed by atoms with E-state index in [4.69, 9.17) is 4.43 Å². The molecule has 0 aliphatic carbocycles. The van der Waals surface area contributed by atoms with Crippen molar-refractivity contribution in [2.45, 2.75) is 64.2 Å². The molecule has 26 heavy (non-hydrogen) atoms. The molecule has 0 saturated heterocycles. The van der Waals surface area contributed by atoms with E-state index in [2.05, 4.69) is 37.1 Å². The molecule has 1 atom stereocenters. The van der Waals surface area contributed by atoms with Gasteiger partial charge in [0, 0.05) is 23.1 Å². The number of nitrogens with one attached hydrogen (secondary N) is 2. The van der Waals surface area contributed by atoms with Gasteiger partial charge in [0.2, 0.25) is 0 Å². The van der Waals surface area contributed by atoms with Gasteiger partial charge >= 0.3 is 0 Å². The number of halogens is 2. The average molecular weight is 383 g/mol. The Balaban J connectivity index is 1.86. The molecule has 0 fully saturated rings. The van der Waals surface area contributed by atoms with Crippen LogP contribution in [0, 0.1) is 0 Å². The van der Waals surface area contributed by atoms with Crippen LogP contribution in [0.15, 0.2) is 30.5 Å². The van der Waals surface area contributed by atoms with Gasteiger partial charge in [0.15, 0.2) is 8.32 Å². The Morgan fingerprint density at radius 3 is 2.50 bits per heavy atom. The summed E-state index contributed by atoms with van der Waals surface area (Å²) in [6, 6.07) is 7.99. The molecule has 3 nitrogen and oxygen atoms in total. The SMILES string of the molecule is C[C@H](Cc1c[nH]c2ccccc12)NCC(F)(F)CO[Si](C)(C)C(C)(C)C. The molecule has 146 valence electrons. The lowest BCUT2D eigenvalue weighted by Gasteiger charge is -2.37. The standard InChI is InChI=1S/C20H32F2N2OSi/c1-15(11-16-12-23-18-10-8-7-9-17(16)18)24-13-20(21,22)14-25-26(5,6)19(2,3)4/h7-10,12,15,23-24H,11,13-14H2,1-6H3/t15-/m1/s1. The third kappa shape index (κ3) is 5.38. The predicted octanol–water partition coefficient (Wildman–Crippen LogP) is 5.35. The van der Waals surface area contributed by atoms with E-state index < -0.39 is 20.8 Å². The van der Waals surface area contributed by atoms with Crippen LogP contribution in [0.25, 0.3) is 10.9 Å². The summed E-state index contributed by atoms with van der Waals surface area (Å²) in [5.74, 6) is -2.87. The highest BCUT2D eigenvalue weighted by molar-refractivity contribution is 6.74. The van der Waals surface area contributed by atoms with Crippen molar-refractivity contribution < 1.29 is 13.2 Å². The summed E-state index contributed by atoms with van der Waals surface area (Å²) in [7, 11) is -2.17. The summed E-state index contributed by atoms with van der Waals surface area (Å²) in [4.78, 5) is 3.23. The quantitative estimate of drug-likeness (QED) is 0.604. The number of alkyl halides is 2. The molecule has 0 aliphatic rings. The fourth-order valence-corrected chi connectivity index (χ4v) is 3.58. The van der Waals surface area contributed by atoms with Crippen LogP contribution >= 0.6 is 0 Å². The van der Waals surface area contributed by atoms with E-state index in [0.29, 0.717) is 6.42 Å². The maximum Gasteiger partial charge on any atom is 0.281 e. The third-order valence-electron chi connectivity index (χ3n) is 5.36. The molecule has 2 rings (SSSR count). The minimum atomic E-state index is -2.87. The van der Waals surface area contributed by atoms with Crippen LogP contribution in [0.2, 0.25) is 18.1 Å². The van der Waals surface area contributed by atoms with Gasteiger partial charge in [-0.05, 0) is 43.1 Å². The molecule has 0 bridgehead atoms. The lowest BCUT2D eigenvalue weighted by atomic mass is 10.1. The smallest absolute Gasteiger partial charge is 0.281 e. The molecule has 1 aromatic heterocycles. The summed E-state index contributed by atoms with van der Waals surface area (Å²) in [5.41, 5.74) is 2.21. The summed E-state index contributed by atoms with van der Waals surface area (Å²) in [5, 5.41) is 4.05. The Morgan fingerprint density at radius 2 is 1.85 bits per heavy atom. The number of aromatic amines is 1. The van der Waals surface area contributed by atoms with Gasteiger partial charge in [0.1, 0.15) is 0 Å². The molecule has 0 radical (unpaired) electrons. The molecule has 1 aromatic carbocycles. The van der Waals surface area contributed by atoms with E-state index in [1.54, 1.807) is 0 Å². The van der Waals surface area contributed by atoms with Crippen LogP contribution in [-0.2, 0) is 10.8 Å². The highest BCUT2D eigenvalue weighted by Crippen LogP contribution is 2.37. The van der Waals surface area contributed by atoms with Gasteiger partial charge in [0.05, 0.1) is 13.2 Å². The van der Waals surface area contributed by atoms with E-state index in [-0.39, 0.29) is 17.6 Å². The molecule has 0 unspecified atom stereocenters. The minimum Gasteiger partial charge on any atom is -0.411 e. The maximum atomic E-state index is 14.3. The van der Waals surface area contributed by atoms with Crippen molar-refractivity contribution >= 4 is 19.2 Å². The molecule has 0 aliphatic heterocycles. The maximum absolute atomic E-state index is 14.3. The van der Waals surface area contributed by atoms with Crippen LogP contribution in [0.3, 0.4) is 0 Å². The van der Waals surface area contributed by atoms with Crippen molar-refractivity contribution in [3.63, 3.8) is 0 Å². The second-order valence-corrected chi connectivity index (χ2v) is 13.6. The minimum absolute atomic E-state index is 0.0482. The molecular formula is C20H32F2N2OSi. The predicted molar refractivity (Wildman–Crippen MR) is 108 cm³/mol. The lowest BCUT2D eigenvalue weighted by Crippen LogP contribution is -2.47. The van der Waals surface area contributed by atoms with Gasteiger partial charge < -0.3 is 14.7 Å². The van der Waals surface area contributed by atoms with Gasteiger partial charge in [-0.25, -0.2) is 8.78 Å². The van der Waals surface area contributed by atoms with Crippen molar-refractivity contribution in [2.24, 2.45) is 0 Å². The summed E-state index contributed by atoms with van der Waals surface area (Å²) < 4.78 is 34.2. The van der Waals surface area contributed by atoms with E-state index in [1.165, 1.54) is 0 Å². The van der Waals surface area contributed by atoms with Crippen LogP contribution in [0.4, 0.5) is 8.78 Å². The van der Waals surface area contributed by atoms with E-state index in [0.717, 1.165) is 16.5 Å². The number of rotatable bonds is 8. The lowest BCUT2D eigenvalue weighted by molar-refractivity contribution is -0.0444. The molecular weight excluding hydrogens is 350 g/mol. The normalized spacial score (nSPS) is 14.8. The second kappa shape index (κ2) is 7.78. The largest absolute Gasteiger partial charge is 0.411 e. The van der Waals surface area contributed by atoms with Crippen molar-refractivity contribution in [3.05, 3.63) is 36.0 Å². The Bertz CT molecular complexity index is 722.